The number of benzene rings is 1. The number of hydrogen-bond donors (Lipinski definition) is 2. The second kappa shape index (κ2) is 6.72. The fourth-order valence-electron chi connectivity index (χ4n) is 2.95. The maximum Gasteiger partial charge on any atom is 0.269 e. The molecule has 4 N–H and O–H groups in total. The van der Waals surface area contributed by atoms with Crippen molar-refractivity contribution in [1.82, 2.24) is 9.88 Å². The highest BCUT2D eigenvalue weighted by atomic mass is 19.1. The fraction of sp³-hybridized carbons (Fsp3) is 0.250. The third-order valence-corrected chi connectivity index (χ3v) is 4.66. The van der Waals surface area contributed by atoms with Gasteiger partial charge >= 0.3 is 0 Å². The zero-order valence-electron chi connectivity index (χ0n) is 15.0. The summed E-state index contributed by atoms with van der Waals surface area (Å²) in [6.07, 6.45) is 0.595. The number of halogens is 1. The molecule has 0 bridgehead atoms. The van der Waals surface area contributed by atoms with Gasteiger partial charge in [-0.2, -0.15) is 0 Å². The van der Waals surface area contributed by atoms with E-state index in [0.717, 1.165) is 0 Å². The normalized spacial score (nSPS) is 18.9. The van der Waals surface area contributed by atoms with Crippen LogP contribution in [0.3, 0.4) is 0 Å². The van der Waals surface area contributed by atoms with Crippen molar-refractivity contribution in [3.05, 3.63) is 47.4 Å². The zero-order valence-corrected chi connectivity index (χ0v) is 15.0. The minimum absolute atomic E-state index is 0.0449. The van der Waals surface area contributed by atoms with Crippen LogP contribution in [0.4, 0.5) is 10.1 Å². The van der Waals surface area contributed by atoms with E-state index in [0.29, 0.717) is 24.2 Å². The Hall–Kier alpha value is -3.40. The van der Waals surface area contributed by atoms with Gasteiger partial charge in [0.05, 0.1) is 16.9 Å². The van der Waals surface area contributed by atoms with E-state index in [-0.39, 0.29) is 22.9 Å². The molecule has 1 aromatic heterocycles. The van der Waals surface area contributed by atoms with Gasteiger partial charge in [0, 0.05) is 19.2 Å². The lowest BCUT2D eigenvalue weighted by atomic mass is 9.89. The van der Waals surface area contributed by atoms with Gasteiger partial charge in [-0.1, -0.05) is 11.8 Å². The molecule has 2 heterocycles. The summed E-state index contributed by atoms with van der Waals surface area (Å²) in [4.78, 5) is 29.4. The molecule has 0 spiro atoms. The smallest absolute Gasteiger partial charge is 0.269 e. The van der Waals surface area contributed by atoms with E-state index < -0.39 is 17.1 Å². The molecule has 2 aromatic rings. The molecular weight excluding hydrogens is 347 g/mol. The number of anilines is 1. The molecule has 3 rings (SSSR count). The summed E-state index contributed by atoms with van der Waals surface area (Å²) in [5, 5.41) is 0. The van der Waals surface area contributed by atoms with Crippen molar-refractivity contribution < 1.29 is 14.0 Å². The number of nitrogen functional groups attached to an aromatic ring is 1. The first-order chi connectivity index (χ1) is 12.7. The predicted molar refractivity (Wildman–Crippen MR) is 99.8 cm³/mol. The molecule has 1 atom stereocenters. The lowest BCUT2D eigenvalue weighted by Gasteiger charge is -2.14. The molecular formula is C20H19FN4O2. The number of aromatic nitrogens is 1. The van der Waals surface area contributed by atoms with Gasteiger partial charge in [0.1, 0.15) is 11.2 Å². The van der Waals surface area contributed by atoms with Crippen LogP contribution in [0.2, 0.25) is 0 Å². The summed E-state index contributed by atoms with van der Waals surface area (Å²) >= 11 is 0. The Morgan fingerprint density at radius 3 is 2.70 bits per heavy atom. The third-order valence-electron chi connectivity index (χ3n) is 4.66. The average molecular weight is 366 g/mol. The topological polar surface area (TPSA) is 102 Å². The molecule has 6 nitrogen and oxygen atoms in total. The van der Waals surface area contributed by atoms with E-state index in [1.54, 1.807) is 24.9 Å². The van der Waals surface area contributed by atoms with Crippen molar-refractivity contribution in [3.8, 4) is 23.1 Å². The Morgan fingerprint density at radius 1 is 1.33 bits per heavy atom. The summed E-state index contributed by atoms with van der Waals surface area (Å²) in [5.41, 5.74) is 11.4. The van der Waals surface area contributed by atoms with Crippen molar-refractivity contribution in [3.63, 3.8) is 0 Å². The van der Waals surface area contributed by atoms with Gasteiger partial charge < -0.3 is 16.4 Å². The van der Waals surface area contributed by atoms with Crippen LogP contribution < -0.4 is 11.5 Å². The van der Waals surface area contributed by atoms with Gasteiger partial charge in [0.2, 0.25) is 5.91 Å². The standard InChI is InChI=1S/C20H19FN4O2/c1-20(9-10-25(2)19(20)27)8-7-12-11-13(3-4-14(12)21)16-6-5-15(22)17(24-16)18(23)26/h3-6,11H,9-10,22H2,1-2H3,(H2,23,26)/t20-/m0/s1. The van der Waals surface area contributed by atoms with E-state index in [1.807, 2.05) is 0 Å². The van der Waals surface area contributed by atoms with Crippen molar-refractivity contribution in [1.29, 1.82) is 0 Å². The van der Waals surface area contributed by atoms with Crippen LogP contribution in [0.1, 0.15) is 29.4 Å². The molecule has 1 fully saturated rings. The summed E-state index contributed by atoms with van der Waals surface area (Å²) in [7, 11) is 1.72. The number of likely N-dealkylation sites (tertiary alicyclic amines) is 1. The second-order valence-corrected chi connectivity index (χ2v) is 6.75. The van der Waals surface area contributed by atoms with Crippen molar-refractivity contribution >= 4 is 17.5 Å². The Kier molecular flexibility index (Phi) is 4.58. The number of rotatable bonds is 2. The minimum atomic E-state index is -0.824. The summed E-state index contributed by atoms with van der Waals surface area (Å²) < 4.78 is 14.2. The van der Waals surface area contributed by atoms with E-state index >= 15 is 0 Å². The molecule has 1 saturated heterocycles. The van der Waals surface area contributed by atoms with Gasteiger partial charge in [-0.05, 0) is 43.7 Å². The summed E-state index contributed by atoms with van der Waals surface area (Å²) in [5.74, 6) is 4.39. The van der Waals surface area contributed by atoms with Gasteiger partial charge in [-0.3, -0.25) is 9.59 Å². The lowest BCUT2D eigenvalue weighted by molar-refractivity contribution is -0.131. The molecule has 0 saturated carbocycles. The van der Waals surface area contributed by atoms with Crippen molar-refractivity contribution in [2.75, 3.05) is 19.3 Å². The highest BCUT2D eigenvalue weighted by Crippen LogP contribution is 2.30. The quantitative estimate of drug-likeness (QED) is 0.791. The Labute approximate surface area is 156 Å². The predicted octanol–water partition coefficient (Wildman–Crippen LogP) is 1.79. The average Bonchev–Trinajstić information content (AvgIpc) is 2.89. The fourth-order valence-corrected chi connectivity index (χ4v) is 2.95. The Morgan fingerprint density at radius 2 is 2.07 bits per heavy atom. The van der Waals surface area contributed by atoms with E-state index in [2.05, 4.69) is 16.8 Å². The highest BCUT2D eigenvalue weighted by molar-refractivity contribution is 5.96. The van der Waals surface area contributed by atoms with Crippen LogP contribution in [-0.2, 0) is 4.79 Å². The zero-order chi connectivity index (χ0) is 19.8. The first kappa shape index (κ1) is 18.4. The van der Waals surface area contributed by atoms with E-state index in [4.69, 9.17) is 11.5 Å². The van der Waals surface area contributed by atoms with Gasteiger partial charge in [0.15, 0.2) is 5.69 Å². The largest absolute Gasteiger partial charge is 0.397 e. The number of hydrogen-bond acceptors (Lipinski definition) is 4. The molecule has 0 unspecified atom stereocenters. The third kappa shape index (κ3) is 3.47. The van der Waals surface area contributed by atoms with Crippen LogP contribution in [-0.4, -0.2) is 35.3 Å². The van der Waals surface area contributed by atoms with Crippen LogP contribution in [0, 0.1) is 23.1 Å². The molecule has 1 aliphatic heterocycles. The SMILES string of the molecule is CN1CC[C@](C)(C#Cc2cc(-c3ccc(N)c(C(N)=O)n3)ccc2F)C1=O. The number of amides is 2. The monoisotopic (exact) mass is 366 g/mol. The number of nitrogens with zero attached hydrogens (tertiary/aromatic N) is 2. The van der Waals surface area contributed by atoms with Crippen LogP contribution in [0.5, 0.6) is 0 Å². The van der Waals surface area contributed by atoms with Crippen molar-refractivity contribution in [2.45, 2.75) is 13.3 Å². The number of nitrogens with two attached hydrogens (primary N) is 2. The summed E-state index contributed by atoms with van der Waals surface area (Å²) in [6, 6.07) is 7.46. The number of pyridine rings is 1. The molecule has 2 amide bonds. The molecule has 7 heteroatoms. The van der Waals surface area contributed by atoms with Gasteiger partial charge in [0.25, 0.3) is 5.91 Å². The molecule has 1 aliphatic rings. The Balaban J connectivity index is 2.00. The van der Waals surface area contributed by atoms with Crippen LogP contribution in [0.25, 0.3) is 11.3 Å². The molecule has 0 aliphatic carbocycles. The van der Waals surface area contributed by atoms with E-state index in [1.165, 1.54) is 24.3 Å². The maximum atomic E-state index is 14.2. The first-order valence-corrected chi connectivity index (χ1v) is 8.36. The lowest BCUT2D eigenvalue weighted by Crippen LogP contribution is -2.28. The van der Waals surface area contributed by atoms with E-state index in [9.17, 15) is 14.0 Å². The van der Waals surface area contributed by atoms with Gasteiger partial charge in [-0.25, -0.2) is 9.37 Å². The van der Waals surface area contributed by atoms with Crippen LogP contribution >= 0.6 is 0 Å². The highest BCUT2D eigenvalue weighted by Gasteiger charge is 2.39. The first-order valence-electron chi connectivity index (χ1n) is 8.36. The maximum absolute atomic E-state index is 14.2. The van der Waals surface area contributed by atoms with Crippen molar-refractivity contribution in [2.24, 2.45) is 11.1 Å². The Bertz CT molecular complexity index is 1010. The molecule has 138 valence electrons. The number of carbonyl (C=O) groups is 2. The van der Waals surface area contributed by atoms with Crippen LogP contribution in [0.15, 0.2) is 30.3 Å². The second-order valence-electron chi connectivity index (χ2n) is 6.75. The minimum Gasteiger partial charge on any atom is -0.397 e. The number of primary amides is 1. The number of carbonyl (C=O) groups excluding carboxylic acids is 2. The molecule has 27 heavy (non-hydrogen) atoms. The molecule has 0 radical (unpaired) electrons. The summed E-state index contributed by atoms with van der Waals surface area (Å²) in [6.45, 7) is 2.38. The molecule has 1 aromatic carbocycles. The van der Waals surface area contributed by atoms with Gasteiger partial charge in [-0.15, -0.1) is 0 Å².